The summed E-state index contributed by atoms with van der Waals surface area (Å²) in [6.45, 7) is 6.12. The third kappa shape index (κ3) is 3.26. The zero-order valence-electron chi connectivity index (χ0n) is 13.1. The molecular formula is C15H28N2O3. The Labute approximate surface area is 122 Å². The van der Waals surface area contributed by atoms with Crippen molar-refractivity contribution in [3.8, 4) is 0 Å². The lowest BCUT2D eigenvalue weighted by Gasteiger charge is -2.42. The van der Waals surface area contributed by atoms with E-state index in [2.05, 4.69) is 0 Å². The Morgan fingerprint density at radius 1 is 1.40 bits per heavy atom. The summed E-state index contributed by atoms with van der Waals surface area (Å²) >= 11 is 0. The fourth-order valence-electron chi connectivity index (χ4n) is 3.47. The number of ether oxygens (including phenoxy) is 2. The van der Waals surface area contributed by atoms with Crippen LogP contribution in [0.5, 0.6) is 0 Å². The van der Waals surface area contributed by atoms with Crippen LogP contribution in [0.25, 0.3) is 0 Å². The summed E-state index contributed by atoms with van der Waals surface area (Å²) in [4.78, 5) is 15.6. The van der Waals surface area contributed by atoms with Crippen LogP contribution in [0.3, 0.4) is 0 Å². The number of piperidine rings is 1. The number of hydrogen-bond donors (Lipinski definition) is 0. The van der Waals surface area contributed by atoms with Crippen molar-refractivity contribution < 1.29 is 14.3 Å². The number of urea groups is 1. The Balaban J connectivity index is 1.88. The van der Waals surface area contributed by atoms with Gasteiger partial charge in [0.15, 0.2) is 0 Å². The van der Waals surface area contributed by atoms with Crippen LogP contribution >= 0.6 is 0 Å². The first-order chi connectivity index (χ1) is 9.59. The summed E-state index contributed by atoms with van der Waals surface area (Å²) in [5.41, 5.74) is 0.000193. The first kappa shape index (κ1) is 15.6. The molecule has 5 heteroatoms. The van der Waals surface area contributed by atoms with Gasteiger partial charge in [-0.2, -0.15) is 0 Å². The van der Waals surface area contributed by atoms with Crippen LogP contribution in [0.15, 0.2) is 0 Å². The highest BCUT2D eigenvalue weighted by atomic mass is 16.5. The Hall–Kier alpha value is -0.810. The zero-order chi connectivity index (χ0) is 14.6. The number of carbonyl (C=O) groups is 1. The number of nitrogens with zero attached hydrogens (tertiary/aromatic N) is 2. The van der Waals surface area contributed by atoms with Crippen LogP contribution in [-0.4, -0.2) is 68.4 Å². The minimum atomic E-state index is 0.000193. The molecule has 0 aromatic heterocycles. The van der Waals surface area contributed by atoms with Crippen LogP contribution in [0.4, 0.5) is 4.79 Å². The Morgan fingerprint density at radius 2 is 2.10 bits per heavy atom. The third-order valence-electron chi connectivity index (χ3n) is 4.68. The van der Waals surface area contributed by atoms with Crippen LogP contribution < -0.4 is 0 Å². The van der Waals surface area contributed by atoms with Crippen molar-refractivity contribution >= 4 is 6.03 Å². The monoisotopic (exact) mass is 284 g/mol. The first-order valence-corrected chi connectivity index (χ1v) is 7.77. The topological polar surface area (TPSA) is 42.0 Å². The minimum absolute atomic E-state index is 0.000193. The summed E-state index contributed by atoms with van der Waals surface area (Å²) in [6.07, 6.45) is 4.14. The molecule has 2 aliphatic heterocycles. The van der Waals surface area contributed by atoms with Crippen LogP contribution in [-0.2, 0) is 9.47 Å². The van der Waals surface area contributed by atoms with Gasteiger partial charge in [0.1, 0.15) is 0 Å². The second-order valence-electron chi connectivity index (χ2n) is 6.05. The average molecular weight is 284 g/mol. The second kappa shape index (κ2) is 6.76. The molecule has 2 rings (SSSR count). The second-order valence-corrected chi connectivity index (χ2v) is 6.05. The van der Waals surface area contributed by atoms with Crippen molar-refractivity contribution in [2.45, 2.75) is 38.2 Å². The molecule has 0 aliphatic carbocycles. The first-order valence-electron chi connectivity index (χ1n) is 7.77. The van der Waals surface area contributed by atoms with Gasteiger partial charge in [-0.1, -0.05) is 0 Å². The molecule has 2 amide bonds. The molecule has 1 spiro atoms. The molecular weight excluding hydrogens is 256 g/mol. The molecule has 1 atom stereocenters. The Morgan fingerprint density at radius 3 is 2.70 bits per heavy atom. The van der Waals surface area contributed by atoms with E-state index in [1.807, 2.05) is 25.9 Å². The predicted molar refractivity (Wildman–Crippen MR) is 77.8 cm³/mol. The van der Waals surface area contributed by atoms with Gasteiger partial charge >= 0.3 is 6.03 Å². The van der Waals surface area contributed by atoms with Gasteiger partial charge < -0.3 is 19.3 Å². The average Bonchev–Trinajstić information content (AvgIpc) is 2.82. The number of carbonyl (C=O) groups excluding carboxylic acids is 1. The molecule has 5 nitrogen and oxygen atoms in total. The Kier molecular flexibility index (Phi) is 5.27. The lowest BCUT2D eigenvalue weighted by Crippen LogP contribution is -2.51. The van der Waals surface area contributed by atoms with Crippen molar-refractivity contribution in [1.82, 2.24) is 9.80 Å². The van der Waals surface area contributed by atoms with E-state index in [0.717, 1.165) is 58.6 Å². The lowest BCUT2D eigenvalue weighted by atomic mass is 9.78. The summed E-state index contributed by atoms with van der Waals surface area (Å²) in [5.74, 6) is 0.589. The molecule has 2 aliphatic rings. The van der Waals surface area contributed by atoms with E-state index >= 15 is 0 Å². The minimum Gasteiger partial charge on any atom is -0.382 e. The van der Waals surface area contributed by atoms with E-state index in [1.54, 1.807) is 4.90 Å². The van der Waals surface area contributed by atoms with Gasteiger partial charge in [0.25, 0.3) is 0 Å². The van der Waals surface area contributed by atoms with E-state index in [1.165, 1.54) is 0 Å². The standard InChI is InChI=1S/C15H28N2O3/c1-4-19-11-5-13-6-12-20-15(13)7-9-17(10-8-15)14(18)16(2)3/h13H,4-12H2,1-3H3/t13-/m1/s1. The van der Waals surface area contributed by atoms with E-state index in [4.69, 9.17) is 9.47 Å². The van der Waals surface area contributed by atoms with E-state index in [-0.39, 0.29) is 11.6 Å². The summed E-state index contributed by atoms with van der Waals surface area (Å²) < 4.78 is 11.6. The molecule has 2 heterocycles. The normalized spacial score (nSPS) is 25.1. The molecule has 0 N–H and O–H groups in total. The Bertz CT molecular complexity index is 325. The van der Waals surface area contributed by atoms with E-state index < -0.39 is 0 Å². The number of hydrogen-bond acceptors (Lipinski definition) is 3. The number of rotatable bonds is 4. The maximum atomic E-state index is 12.0. The highest BCUT2D eigenvalue weighted by Gasteiger charge is 2.46. The van der Waals surface area contributed by atoms with Crippen LogP contribution in [0, 0.1) is 5.92 Å². The molecule has 0 bridgehead atoms. The highest BCUT2D eigenvalue weighted by molar-refractivity contribution is 5.73. The van der Waals surface area contributed by atoms with Crippen molar-refractivity contribution in [2.24, 2.45) is 5.92 Å². The molecule has 0 aromatic rings. The van der Waals surface area contributed by atoms with Gasteiger partial charge in [-0.05, 0) is 38.5 Å². The number of likely N-dealkylation sites (tertiary alicyclic amines) is 1. The van der Waals surface area contributed by atoms with Crippen molar-refractivity contribution in [2.75, 3.05) is 47.0 Å². The smallest absolute Gasteiger partial charge is 0.319 e. The van der Waals surface area contributed by atoms with Gasteiger partial charge in [-0.3, -0.25) is 0 Å². The van der Waals surface area contributed by atoms with Gasteiger partial charge in [-0.15, -0.1) is 0 Å². The molecule has 0 unspecified atom stereocenters. The van der Waals surface area contributed by atoms with Crippen molar-refractivity contribution in [3.05, 3.63) is 0 Å². The maximum absolute atomic E-state index is 12.0. The van der Waals surface area contributed by atoms with Gasteiger partial charge in [0.2, 0.25) is 0 Å². The molecule has 2 fully saturated rings. The lowest BCUT2D eigenvalue weighted by molar-refractivity contribution is -0.0664. The van der Waals surface area contributed by atoms with Gasteiger partial charge in [-0.25, -0.2) is 4.79 Å². The predicted octanol–water partition coefficient (Wildman–Crippen LogP) is 1.97. The van der Waals surface area contributed by atoms with Crippen molar-refractivity contribution in [1.29, 1.82) is 0 Å². The highest BCUT2D eigenvalue weighted by Crippen LogP contribution is 2.42. The fraction of sp³-hybridized carbons (Fsp3) is 0.933. The van der Waals surface area contributed by atoms with E-state index in [9.17, 15) is 4.79 Å². The van der Waals surface area contributed by atoms with Gasteiger partial charge in [0.05, 0.1) is 5.60 Å². The molecule has 0 saturated carbocycles. The summed E-state index contributed by atoms with van der Waals surface area (Å²) in [5, 5.41) is 0. The maximum Gasteiger partial charge on any atom is 0.319 e. The summed E-state index contributed by atoms with van der Waals surface area (Å²) in [7, 11) is 3.62. The van der Waals surface area contributed by atoms with Crippen LogP contribution in [0.2, 0.25) is 0 Å². The van der Waals surface area contributed by atoms with Crippen molar-refractivity contribution in [3.63, 3.8) is 0 Å². The molecule has 0 radical (unpaired) electrons. The van der Waals surface area contributed by atoms with E-state index in [0.29, 0.717) is 5.92 Å². The van der Waals surface area contributed by atoms with Crippen LogP contribution in [0.1, 0.15) is 32.6 Å². The quantitative estimate of drug-likeness (QED) is 0.741. The third-order valence-corrected chi connectivity index (χ3v) is 4.68. The number of amides is 2. The molecule has 20 heavy (non-hydrogen) atoms. The zero-order valence-corrected chi connectivity index (χ0v) is 13.1. The SMILES string of the molecule is CCOCC[C@@H]1CCOC12CCN(C(=O)N(C)C)CC2. The fourth-order valence-corrected chi connectivity index (χ4v) is 3.47. The molecule has 116 valence electrons. The molecule has 0 aromatic carbocycles. The largest absolute Gasteiger partial charge is 0.382 e. The van der Waals surface area contributed by atoms with Gasteiger partial charge in [0, 0.05) is 47.0 Å². The summed E-state index contributed by atoms with van der Waals surface area (Å²) in [6, 6.07) is 0.115. The molecule has 2 saturated heterocycles.